The molecule has 6 heterocycles. The Hall–Kier alpha value is -7.34. The molecule has 2 amide bonds. The average Bonchev–Trinajstić information content (AvgIpc) is 4.18. The Morgan fingerprint density at radius 2 is 1.69 bits per heavy atom. The van der Waals surface area contributed by atoms with Crippen LogP contribution in [0.2, 0.25) is 0 Å². The predicted molar refractivity (Wildman–Crippen MR) is 266 cm³/mol. The van der Waals surface area contributed by atoms with Crippen molar-refractivity contribution in [3.8, 4) is 34.1 Å². The number of β-amino-alcohol motifs (C(OH)–C–C–N with tert-alkyl or cyclic N) is 1. The van der Waals surface area contributed by atoms with Gasteiger partial charge in [0.25, 0.3) is 5.88 Å². The van der Waals surface area contributed by atoms with E-state index < -0.39 is 18.1 Å². The van der Waals surface area contributed by atoms with Gasteiger partial charge in [0.1, 0.15) is 30.1 Å². The molecule has 17 nitrogen and oxygen atoms in total. The fraction of sp³-hybridized carbons (Fsp3) is 0.358. The predicted octanol–water partition coefficient (Wildman–Crippen LogP) is 6.10. The highest BCUT2D eigenvalue weighted by molar-refractivity contribution is 5.91. The Labute approximate surface area is 407 Å². The lowest BCUT2D eigenvalue weighted by Gasteiger charge is -2.34. The van der Waals surface area contributed by atoms with Gasteiger partial charge in [-0.05, 0) is 64.9 Å². The zero-order valence-corrected chi connectivity index (χ0v) is 40.1. The van der Waals surface area contributed by atoms with E-state index in [0.29, 0.717) is 41.1 Å². The zero-order chi connectivity index (χ0) is 48.9. The highest BCUT2D eigenvalue weighted by atomic mass is 16.5. The maximum absolute atomic E-state index is 14.2. The number of nitrogens with one attached hydrogen (secondary N) is 1. The minimum Gasteiger partial charge on any atom is -0.507 e. The summed E-state index contributed by atoms with van der Waals surface area (Å²) >= 11 is 0. The van der Waals surface area contributed by atoms with Gasteiger partial charge >= 0.3 is 0 Å². The number of phenolic OH excluding ortho intramolecular Hbond substituents is 1. The Balaban J connectivity index is 0.710. The average molecular weight is 948 g/mol. The number of carbonyl (C=O) groups is 2. The van der Waals surface area contributed by atoms with Crippen LogP contribution >= 0.6 is 0 Å². The molecule has 2 fully saturated rings. The molecule has 4 aromatic heterocycles. The minimum atomic E-state index is -0.830. The number of aliphatic hydroxyl groups is 1. The van der Waals surface area contributed by atoms with Gasteiger partial charge < -0.3 is 35.4 Å². The molecule has 2 unspecified atom stereocenters. The van der Waals surface area contributed by atoms with Gasteiger partial charge in [0.15, 0.2) is 5.76 Å². The van der Waals surface area contributed by atoms with Crippen LogP contribution in [-0.4, -0.2) is 124 Å². The lowest BCUT2D eigenvalue weighted by atomic mass is 9.91. The summed E-state index contributed by atoms with van der Waals surface area (Å²) in [6, 6.07) is 26.2. The number of nitrogens with two attached hydrogens (primary N) is 1. The smallest absolute Gasteiger partial charge is 0.254 e. The van der Waals surface area contributed by atoms with Gasteiger partial charge in [0, 0.05) is 95.1 Å². The molecule has 2 aliphatic heterocycles. The van der Waals surface area contributed by atoms with Crippen molar-refractivity contribution >= 4 is 29.5 Å². The van der Waals surface area contributed by atoms with Crippen LogP contribution in [0.1, 0.15) is 67.2 Å². The summed E-state index contributed by atoms with van der Waals surface area (Å²) in [7, 11) is 1.89. The number of phenols is 1. The Bertz CT molecular complexity index is 2940. The second-order valence-corrected chi connectivity index (χ2v) is 18.7. The van der Waals surface area contributed by atoms with E-state index in [9.17, 15) is 19.8 Å². The van der Waals surface area contributed by atoms with Crippen LogP contribution in [0.5, 0.6) is 11.6 Å². The van der Waals surface area contributed by atoms with Crippen LogP contribution < -0.4 is 15.8 Å². The van der Waals surface area contributed by atoms with E-state index in [1.165, 1.54) is 16.0 Å². The van der Waals surface area contributed by atoms with Gasteiger partial charge in [-0.1, -0.05) is 86.7 Å². The van der Waals surface area contributed by atoms with Crippen LogP contribution in [0.25, 0.3) is 34.4 Å². The maximum Gasteiger partial charge on any atom is 0.254 e. The van der Waals surface area contributed by atoms with Crippen LogP contribution in [-0.2, 0) is 29.6 Å². The second-order valence-electron chi connectivity index (χ2n) is 18.7. The number of ether oxygens (including phenoxy) is 1. The monoisotopic (exact) mass is 947 g/mol. The first-order valence-corrected chi connectivity index (χ1v) is 24.0. The third-order valence-corrected chi connectivity index (χ3v) is 13.4. The summed E-state index contributed by atoms with van der Waals surface area (Å²) in [6.07, 6.45) is 9.61. The van der Waals surface area contributed by atoms with Gasteiger partial charge in [-0.25, -0.2) is 4.98 Å². The molecule has 3 aromatic carbocycles. The molecule has 17 heteroatoms. The van der Waals surface area contributed by atoms with Crippen LogP contribution in [0, 0.1) is 5.92 Å². The standard InChI is InChI=1S/C53H61N11O6/c1-34(2)49(52(68)64-32-41(65)28-45(64)51(67)56-35(3)38-16-18-39(19-17-38)44-20-21-55-60(44)4)47-29-48(59-70-47)69-27-26-61-22-24-62(25-23-61)30-37-14-12-36(13-15-37)8-7-9-40-31-63-33-43(57-53(63)58-50(40)54)42-10-5-6-11-46(42)66/h5-7,9-21,29,31,33-35,41,45,49,65-66H,8,22-28,30,32H2,1-4H3,(H,56,67)(H2,54,57,58)/b9-7+/t35?,41-,45+,49?/m1/s1. The minimum absolute atomic E-state index is 0.0526. The summed E-state index contributed by atoms with van der Waals surface area (Å²) in [4.78, 5) is 43.2. The molecule has 7 aromatic rings. The number of nitrogen functional groups attached to an aromatic ring is 1. The zero-order valence-electron chi connectivity index (χ0n) is 40.1. The van der Waals surface area contributed by atoms with Crippen molar-refractivity contribution in [2.75, 3.05) is 51.6 Å². The molecule has 0 aliphatic carbocycles. The SMILES string of the molecule is CC(NC(=O)[C@@H]1C[C@@H](O)CN1C(=O)C(c1cc(OCCN2CCN(Cc3ccc(C/C=C/c4cn5cc(-c6ccccc6O)nc5nc4N)cc3)CC2)no1)C(C)C)c1ccc(-c2ccnn2C)cc1. The molecule has 2 saturated heterocycles. The van der Waals surface area contributed by atoms with Gasteiger partial charge in [0.2, 0.25) is 17.6 Å². The number of benzene rings is 3. The fourth-order valence-corrected chi connectivity index (χ4v) is 9.41. The summed E-state index contributed by atoms with van der Waals surface area (Å²) < 4.78 is 15.4. The number of anilines is 1. The number of hydrogen-bond acceptors (Lipinski definition) is 13. The van der Waals surface area contributed by atoms with E-state index in [-0.39, 0.29) is 42.5 Å². The molecular formula is C53H61N11O6. The fourth-order valence-electron chi connectivity index (χ4n) is 9.41. The first kappa shape index (κ1) is 47.7. The number of carbonyl (C=O) groups excluding carboxylic acids is 2. The van der Waals surface area contributed by atoms with Crippen molar-refractivity contribution < 1.29 is 29.1 Å². The molecular weight excluding hydrogens is 887 g/mol. The summed E-state index contributed by atoms with van der Waals surface area (Å²) in [5, 5.41) is 32.4. The number of hydrogen-bond donors (Lipinski definition) is 4. The van der Waals surface area contributed by atoms with Crippen molar-refractivity contribution in [2.24, 2.45) is 13.0 Å². The van der Waals surface area contributed by atoms with E-state index in [1.54, 1.807) is 24.4 Å². The lowest BCUT2D eigenvalue weighted by Crippen LogP contribution is -2.48. The number of piperazine rings is 1. The third kappa shape index (κ3) is 10.9. The highest BCUT2D eigenvalue weighted by Gasteiger charge is 2.43. The lowest BCUT2D eigenvalue weighted by molar-refractivity contribution is -0.141. The number of allylic oxidation sites excluding steroid dienone is 1. The first-order valence-electron chi connectivity index (χ1n) is 24.0. The number of para-hydroxylation sites is 1. The number of aromatic nitrogens is 6. The third-order valence-electron chi connectivity index (χ3n) is 13.4. The maximum atomic E-state index is 14.2. The van der Waals surface area contributed by atoms with Crippen LogP contribution in [0.4, 0.5) is 5.82 Å². The van der Waals surface area contributed by atoms with E-state index in [4.69, 9.17) is 15.0 Å². The number of imidazole rings is 1. The molecule has 0 spiro atoms. The van der Waals surface area contributed by atoms with Gasteiger partial charge in [0.05, 0.1) is 23.5 Å². The van der Waals surface area contributed by atoms with Crippen molar-refractivity contribution in [2.45, 2.75) is 64.3 Å². The van der Waals surface area contributed by atoms with Crippen molar-refractivity contribution in [3.63, 3.8) is 0 Å². The molecule has 4 atom stereocenters. The number of fused-ring (bicyclic) bond motifs is 1. The van der Waals surface area contributed by atoms with Gasteiger partial charge in [-0.2, -0.15) is 10.1 Å². The first-order chi connectivity index (χ1) is 33.9. The normalized spacial score (nSPS) is 17.7. The Morgan fingerprint density at radius 1 is 0.943 bits per heavy atom. The molecule has 2 aliphatic rings. The van der Waals surface area contributed by atoms with Crippen molar-refractivity contribution in [1.82, 2.24) is 49.3 Å². The molecule has 0 saturated carbocycles. The van der Waals surface area contributed by atoms with E-state index >= 15 is 0 Å². The number of aryl methyl sites for hydroxylation is 1. The largest absolute Gasteiger partial charge is 0.507 e. The van der Waals surface area contributed by atoms with Gasteiger partial charge in [-0.15, -0.1) is 0 Å². The summed E-state index contributed by atoms with van der Waals surface area (Å²) in [6.45, 7) is 11.5. The number of aliphatic hydroxyl groups excluding tert-OH is 1. The van der Waals surface area contributed by atoms with Gasteiger partial charge in [-0.3, -0.25) is 28.5 Å². The van der Waals surface area contributed by atoms with E-state index in [2.05, 4.69) is 65.7 Å². The molecule has 364 valence electrons. The number of aromatic hydroxyl groups is 1. The van der Waals surface area contributed by atoms with Crippen molar-refractivity contribution in [3.05, 3.63) is 138 Å². The number of likely N-dealkylation sites (tertiary alicyclic amines) is 1. The van der Waals surface area contributed by atoms with Crippen LogP contribution in [0.3, 0.4) is 0 Å². The molecule has 0 bridgehead atoms. The Morgan fingerprint density at radius 3 is 2.41 bits per heavy atom. The molecule has 70 heavy (non-hydrogen) atoms. The van der Waals surface area contributed by atoms with E-state index in [0.717, 1.165) is 68.1 Å². The number of amides is 2. The highest BCUT2D eigenvalue weighted by Crippen LogP contribution is 2.33. The topological polar surface area (TPSA) is 206 Å². The molecule has 5 N–H and O–H groups in total. The van der Waals surface area contributed by atoms with Crippen LogP contribution in [0.15, 0.2) is 114 Å². The Kier molecular flexibility index (Phi) is 14.4. The quantitative estimate of drug-likeness (QED) is 0.0816. The summed E-state index contributed by atoms with van der Waals surface area (Å²) in [5.74, 6) is 0.186. The molecule has 9 rings (SSSR count). The number of rotatable bonds is 17. The van der Waals surface area contributed by atoms with E-state index in [1.807, 2.05) is 97.8 Å². The summed E-state index contributed by atoms with van der Waals surface area (Å²) in [5.41, 5.74) is 13.7. The number of nitrogens with zero attached hydrogens (tertiary/aromatic N) is 9. The second kappa shape index (κ2) is 21.1. The van der Waals surface area contributed by atoms with Crippen molar-refractivity contribution in [1.29, 1.82) is 0 Å². The molecule has 0 radical (unpaired) electrons.